The third kappa shape index (κ3) is 3.68. The molecule has 0 heterocycles. The summed E-state index contributed by atoms with van der Waals surface area (Å²) in [5.41, 5.74) is 2.47. The van der Waals surface area contributed by atoms with Crippen molar-refractivity contribution in [3.8, 4) is 5.75 Å². The van der Waals surface area contributed by atoms with E-state index in [0.717, 1.165) is 28.8 Å². The van der Waals surface area contributed by atoms with Crippen LogP contribution in [-0.2, 0) is 12.7 Å². The number of halogens is 3. The van der Waals surface area contributed by atoms with Crippen LogP contribution in [0, 0.1) is 13.8 Å². The zero-order chi connectivity index (χ0) is 15.6. The van der Waals surface area contributed by atoms with Crippen LogP contribution in [0.3, 0.4) is 0 Å². The number of alkyl halides is 3. The van der Waals surface area contributed by atoms with E-state index in [9.17, 15) is 18.3 Å². The number of anilines is 1. The SMILES string of the molecule is Cc1cc(CNc2ccc(C(F)(F)F)cc2)cc(C)c1O. The zero-order valence-corrected chi connectivity index (χ0v) is 11.8. The average molecular weight is 295 g/mol. The Morgan fingerprint density at radius 2 is 1.52 bits per heavy atom. The summed E-state index contributed by atoms with van der Waals surface area (Å²) in [6.45, 7) is 4.10. The van der Waals surface area contributed by atoms with Crippen LogP contribution in [0.25, 0.3) is 0 Å². The lowest BCUT2D eigenvalue weighted by atomic mass is 10.1. The van der Waals surface area contributed by atoms with Crippen LogP contribution in [0.2, 0.25) is 0 Å². The molecule has 0 spiro atoms. The summed E-state index contributed by atoms with van der Waals surface area (Å²) in [5, 5.41) is 12.8. The molecule has 21 heavy (non-hydrogen) atoms. The highest BCUT2D eigenvalue weighted by atomic mass is 19.4. The topological polar surface area (TPSA) is 32.3 Å². The number of benzene rings is 2. The predicted molar refractivity (Wildman–Crippen MR) is 76.4 cm³/mol. The molecule has 0 bridgehead atoms. The van der Waals surface area contributed by atoms with Gasteiger partial charge in [-0.1, -0.05) is 12.1 Å². The minimum atomic E-state index is -4.32. The van der Waals surface area contributed by atoms with Gasteiger partial charge in [0.15, 0.2) is 0 Å². The van der Waals surface area contributed by atoms with E-state index in [1.54, 1.807) is 0 Å². The van der Waals surface area contributed by atoms with Gasteiger partial charge in [-0.05, 0) is 54.8 Å². The van der Waals surface area contributed by atoms with E-state index in [1.165, 1.54) is 12.1 Å². The molecule has 0 atom stereocenters. The second kappa shape index (κ2) is 5.68. The van der Waals surface area contributed by atoms with E-state index in [-0.39, 0.29) is 5.75 Å². The van der Waals surface area contributed by atoms with Gasteiger partial charge in [-0.2, -0.15) is 13.2 Å². The number of rotatable bonds is 3. The zero-order valence-electron chi connectivity index (χ0n) is 11.8. The fraction of sp³-hybridized carbons (Fsp3) is 0.250. The summed E-state index contributed by atoms with van der Waals surface area (Å²) >= 11 is 0. The molecule has 112 valence electrons. The van der Waals surface area contributed by atoms with Gasteiger partial charge in [0.1, 0.15) is 5.75 Å². The third-order valence-corrected chi connectivity index (χ3v) is 3.26. The molecule has 2 nitrogen and oxygen atoms in total. The third-order valence-electron chi connectivity index (χ3n) is 3.26. The van der Waals surface area contributed by atoms with Gasteiger partial charge in [0.05, 0.1) is 5.56 Å². The van der Waals surface area contributed by atoms with Crippen molar-refractivity contribution in [3.05, 3.63) is 58.7 Å². The first-order valence-electron chi connectivity index (χ1n) is 6.47. The maximum Gasteiger partial charge on any atom is 0.416 e. The van der Waals surface area contributed by atoms with Crippen LogP contribution in [0.1, 0.15) is 22.3 Å². The molecule has 0 aliphatic heterocycles. The normalized spacial score (nSPS) is 11.5. The lowest BCUT2D eigenvalue weighted by Crippen LogP contribution is -2.05. The van der Waals surface area contributed by atoms with E-state index in [2.05, 4.69) is 5.32 Å². The molecule has 0 saturated carbocycles. The summed E-state index contributed by atoms with van der Waals surface area (Å²) in [6.07, 6.45) is -4.32. The number of phenols is 1. The molecule has 5 heteroatoms. The van der Waals surface area contributed by atoms with Crippen molar-refractivity contribution in [2.24, 2.45) is 0 Å². The van der Waals surface area contributed by atoms with Crippen LogP contribution in [0.4, 0.5) is 18.9 Å². The molecule has 0 saturated heterocycles. The first-order chi connectivity index (χ1) is 9.77. The highest BCUT2D eigenvalue weighted by Crippen LogP contribution is 2.30. The second-order valence-corrected chi connectivity index (χ2v) is 5.01. The van der Waals surface area contributed by atoms with Crippen molar-refractivity contribution in [2.75, 3.05) is 5.32 Å². The summed E-state index contributed by atoms with van der Waals surface area (Å²) in [7, 11) is 0. The molecule has 0 aliphatic rings. The lowest BCUT2D eigenvalue weighted by Gasteiger charge is -2.11. The minimum absolute atomic E-state index is 0.272. The number of phenolic OH excluding ortho intramolecular Hbond substituents is 1. The number of nitrogens with one attached hydrogen (secondary N) is 1. The lowest BCUT2D eigenvalue weighted by molar-refractivity contribution is -0.137. The van der Waals surface area contributed by atoms with Crippen molar-refractivity contribution >= 4 is 5.69 Å². The molecule has 0 radical (unpaired) electrons. The van der Waals surface area contributed by atoms with Crippen LogP contribution in [0.5, 0.6) is 5.75 Å². The predicted octanol–water partition coefficient (Wildman–Crippen LogP) is 4.64. The first kappa shape index (κ1) is 15.2. The Morgan fingerprint density at radius 3 is 2.00 bits per heavy atom. The molecule has 0 aromatic heterocycles. The fourth-order valence-electron chi connectivity index (χ4n) is 2.13. The Hall–Kier alpha value is -2.17. The van der Waals surface area contributed by atoms with E-state index in [1.807, 2.05) is 26.0 Å². The van der Waals surface area contributed by atoms with Crippen LogP contribution < -0.4 is 5.32 Å². The van der Waals surface area contributed by atoms with Crippen LogP contribution in [-0.4, -0.2) is 5.11 Å². The van der Waals surface area contributed by atoms with E-state index >= 15 is 0 Å². The maximum atomic E-state index is 12.5. The highest BCUT2D eigenvalue weighted by Gasteiger charge is 2.29. The van der Waals surface area contributed by atoms with Crippen molar-refractivity contribution in [2.45, 2.75) is 26.6 Å². The Bertz CT molecular complexity index is 610. The van der Waals surface area contributed by atoms with E-state index in [0.29, 0.717) is 12.2 Å². The molecule has 2 rings (SSSR count). The van der Waals surface area contributed by atoms with Gasteiger partial charge in [-0.25, -0.2) is 0 Å². The average Bonchev–Trinajstić information content (AvgIpc) is 2.42. The van der Waals surface area contributed by atoms with Gasteiger partial charge >= 0.3 is 6.18 Å². The Labute approximate surface area is 121 Å². The summed E-state index contributed by atoms with van der Waals surface area (Å²) < 4.78 is 37.4. The fourth-order valence-corrected chi connectivity index (χ4v) is 2.13. The molecule has 2 aromatic rings. The minimum Gasteiger partial charge on any atom is -0.507 e. The van der Waals surface area contributed by atoms with Crippen LogP contribution in [0.15, 0.2) is 36.4 Å². The highest BCUT2D eigenvalue weighted by molar-refractivity contribution is 5.47. The van der Waals surface area contributed by atoms with Crippen molar-refractivity contribution < 1.29 is 18.3 Å². The van der Waals surface area contributed by atoms with Gasteiger partial charge in [0, 0.05) is 12.2 Å². The van der Waals surface area contributed by atoms with E-state index in [4.69, 9.17) is 0 Å². The summed E-state index contributed by atoms with van der Waals surface area (Å²) in [4.78, 5) is 0. The molecule has 2 N–H and O–H groups in total. The van der Waals surface area contributed by atoms with Gasteiger partial charge in [-0.3, -0.25) is 0 Å². The smallest absolute Gasteiger partial charge is 0.416 e. The second-order valence-electron chi connectivity index (χ2n) is 5.01. The molecule has 0 unspecified atom stereocenters. The molecule has 0 aliphatic carbocycles. The molecule has 2 aromatic carbocycles. The monoisotopic (exact) mass is 295 g/mol. The van der Waals surface area contributed by atoms with Crippen molar-refractivity contribution in [3.63, 3.8) is 0 Å². The van der Waals surface area contributed by atoms with Gasteiger partial charge in [0.25, 0.3) is 0 Å². The maximum absolute atomic E-state index is 12.5. The standard InChI is InChI=1S/C16H16F3NO/c1-10-7-12(8-11(2)15(10)21)9-20-14-5-3-13(4-6-14)16(17,18)19/h3-8,20-21H,9H2,1-2H3. The summed E-state index contributed by atoms with van der Waals surface area (Å²) in [6, 6.07) is 8.61. The Balaban J connectivity index is 2.07. The van der Waals surface area contributed by atoms with Gasteiger partial charge in [-0.15, -0.1) is 0 Å². The Morgan fingerprint density at radius 1 is 1.00 bits per heavy atom. The summed E-state index contributed by atoms with van der Waals surface area (Å²) in [5.74, 6) is 0.272. The number of hydrogen-bond acceptors (Lipinski definition) is 2. The molecule has 0 fully saturated rings. The van der Waals surface area contributed by atoms with Gasteiger partial charge < -0.3 is 10.4 Å². The number of hydrogen-bond donors (Lipinski definition) is 2. The number of aryl methyl sites for hydroxylation is 2. The molecule has 0 amide bonds. The first-order valence-corrected chi connectivity index (χ1v) is 6.47. The Kier molecular flexibility index (Phi) is 4.11. The van der Waals surface area contributed by atoms with E-state index < -0.39 is 11.7 Å². The molecular formula is C16H16F3NO. The largest absolute Gasteiger partial charge is 0.507 e. The molecular weight excluding hydrogens is 279 g/mol. The van der Waals surface area contributed by atoms with Crippen molar-refractivity contribution in [1.82, 2.24) is 0 Å². The van der Waals surface area contributed by atoms with Crippen molar-refractivity contribution in [1.29, 1.82) is 0 Å². The van der Waals surface area contributed by atoms with Crippen LogP contribution >= 0.6 is 0 Å². The quantitative estimate of drug-likeness (QED) is 0.864. The number of aromatic hydroxyl groups is 1. The van der Waals surface area contributed by atoms with Gasteiger partial charge in [0.2, 0.25) is 0 Å².